The average molecular weight is 201 g/mol. The number of aromatic amines is 1. The summed E-state index contributed by atoms with van der Waals surface area (Å²) in [5.74, 6) is 0. The summed E-state index contributed by atoms with van der Waals surface area (Å²) in [5, 5.41) is 10.2. The van der Waals surface area contributed by atoms with E-state index in [-0.39, 0.29) is 0 Å². The zero-order valence-corrected chi connectivity index (χ0v) is 8.20. The minimum atomic E-state index is 0.832. The summed E-state index contributed by atoms with van der Waals surface area (Å²) in [4.78, 5) is 8.61. The number of aromatic nitrogens is 4. The first-order valence-corrected chi connectivity index (χ1v) is 4.98. The number of fused-ring (bicyclic) bond motifs is 1. The van der Waals surface area contributed by atoms with Crippen LogP contribution in [0.25, 0.3) is 11.4 Å². The lowest BCUT2D eigenvalue weighted by Gasteiger charge is -2.17. The lowest BCUT2D eigenvalue weighted by molar-refractivity contribution is 0.624. The van der Waals surface area contributed by atoms with Gasteiger partial charge in [-0.2, -0.15) is 5.10 Å². The van der Waals surface area contributed by atoms with Crippen molar-refractivity contribution in [2.75, 3.05) is 6.54 Å². The molecule has 3 heterocycles. The van der Waals surface area contributed by atoms with Crippen LogP contribution in [0, 0.1) is 0 Å². The molecule has 3 rings (SSSR count). The Hall–Kier alpha value is -1.75. The maximum Gasteiger partial charge on any atom is 0.116 e. The molecule has 0 fully saturated rings. The van der Waals surface area contributed by atoms with E-state index in [1.165, 1.54) is 5.56 Å². The minimum Gasteiger partial charge on any atom is -0.311 e. The van der Waals surface area contributed by atoms with Gasteiger partial charge >= 0.3 is 0 Å². The van der Waals surface area contributed by atoms with Gasteiger partial charge in [-0.25, -0.2) is 9.97 Å². The van der Waals surface area contributed by atoms with Gasteiger partial charge < -0.3 is 5.32 Å². The van der Waals surface area contributed by atoms with Gasteiger partial charge in [0.05, 0.1) is 17.1 Å². The fraction of sp³-hybridized carbons (Fsp3) is 0.300. The van der Waals surface area contributed by atoms with E-state index in [0.29, 0.717) is 0 Å². The topological polar surface area (TPSA) is 66.5 Å². The Kier molecular flexibility index (Phi) is 1.96. The second kappa shape index (κ2) is 3.43. The first-order chi connectivity index (χ1) is 7.45. The molecule has 5 heteroatoms. The third-order valence-electron chi connectivity index (χ3n) is 2.63. The molecule has 5 nitrogen and oxygen atoms in total. The molecule has 1 aliphatic rings. The second-order valence-corrected chi connectivity index (χ2v) is 3.54. The molecular weight excluding hydrogens is 190 g/mol. The van der Waals surface area contributed by atoms with Gasteiger partial charge in [0.25, 0.3) is 0 Å². The maximum absolute atomic E-state index is 4.32. The SMILES string of the molecule is c1cc(-c2ncnc3c2CCNC3)[nH]n1. The normalized spacial score (nSPS) is 14.9. The first-order valence-electron chi connectivity index (χ1n) is 4.98. The van der Waals surface area contributed by atoms with Crippen LogP contribution >= 0.6 is 0 Å². The third-order valence-corrected chi connectivity index (χ3v) is 2.63. The van der Waals surface area contributed by atoms with Crippen molar-refractivity contribution in [2.24, 2.45) is 0 Å². The third kappa shape index (κ3) is 1.41. The van der Waals surface area contributed by atoms with Crippen LogP contribution in [0.2, 0.25) is 0 Å². The van der Waals surface area contributed by atoms with Gasteiger partial charge in [0.1, 0.15) is 6.33 Å². The Morgan fingerprint density at radius 2 is 2.27 bits per heavy atom. The van der Waals surface area contributed by atoms with E-state index >= 15 is 0 Å². The standard InChI is InChI=1S/C10H11N5/c1-3-11-5-9-7(1)10(13-6-12-9)8-2-4-14-15-8/h2,4,6,11H,1,3,5H2,(H,14,15). The smallest absolute Gasteiger partial charge is 0.116 e. The molecule has 76 valence electrons. The van der Waals surface area contributed by atoms with Gasteiger partial charge in [-0.05, 0) is 19.0 Å². The van der Waals surface area contributed by atoms with Crippen LogP contribution in [-0.4, -0.2) is 26.7 Å². The highest BCUT2D eigenvalue weighted by molar-refractivity contribution is 5.59. The van der Waals surface area contributed by atoms with Crippen molar-refractivity contribution in [3.05, 3.63) is 29.8 Å². The second-order valence-electron chi connectivity index (χ2n) is 3.54. The van der Waals surface area contributed by atoms with Crippen molar-refractivity contribution in [3.8, 4) is 11.4 Å². The Balaban J connectivity index is 2.15. The fourth-order valence-electron chi connectivity index (χ4n) is 1.90. The molecule has 0 amide bonds. The Bertz CT molecular complexity index is 463. The molecule has 0 saturated heterocycles. The summed E-state index contributed by atoms with van der Waals surface area (Å²) in [7, 11) is 0. The van der Waals surface area contributed by atoms with Gasteiger partial charge in [-0.15, -0.1) is 0 Å². The molecule has 0 saturated carbocycles. The Morgan fingerprint density at radius 3 is 3.13 bits per heavy atom. The highest BCUT2D eigenvalue weighted by atomic mass is 15.1. The average Bonchev–Trinajstić information content (AvgIpc) is 2.82. The summed E-state index contributed by atoms with van der Waals surface area (Å²) in [6.07, 6.45) is 4.33. The monoisotopic (exact) mass is 201 g/mol. The molecule has 1 aliphatic heterocycles. The van der Waals surface area contributed by atoms with Crippen LogP contribution < -0.4 is 5.32 Å². The summed E-state index contributed by atoms with van der Waals surface area (Å²) in [6, 6.07) is 1.94. The molecule has 0 unspecified atom stereocenters. The van der Waals surface area contributed by atoms with Crippen molar-refractivity contribution < 1.29 is 0 Å². The van der Waals surface area contributed by atoms with E-state index in [9.17, 15) is 0 Å². The number of H-pyrrole nitrogens is 1. The van der Waals surface area contributed by atoms with Crippen LogP contribution in [-0.2, 0) is 13.0 Å². The zero-order chi connectivity index (χ0) is 10.1. The lowest BCUT2D eigenvalue weighted by Crippen LogP contribution is -2.25. The van der Waals surface area contributed by atoms with E-state index in [1.807, 2.05) is 6.07 Å². The summed E-state index contributed by atoms with van der Waals surface area (Å²) in [6.45, 7) is 1.82. The van der Waals surface area contributed by atoms with Gasteiger partial charge in [0.2, 0.25) is 0 Å². The van der Waals surface area contributed by atoms with E-state index in [4.69, 9.17) is 0 Å². The van der Waals surface area contributed by atoms with Crippen molar-refractivity contribution in [1.29, 1.82) is 0 Å². The molecule has 2 N–H and O–H groups in total. The lowest BCUT2D eigenvalue weighted by atomic mass is 10.0. The molecule has 0 aromatic carbocycles. The van der Waals surface area contributed by atoms with Crippen LogP contribution in [0.4, 0.5) is 0 Å². The molecule has 2 aromatic heterocycles. The van der Waals surface area contributed by atoms with Crippen molar-refractivity contribution in [3.63, 3.8) is 0 Å². The van der Waals surface area contributed by atoms with Gasteiger partial charge in [0, 0.05) is 18.3 Å². The quantitative estimate of drug-likeness (QED) is 0.705. The Morgan fingerprint density at radius 1 is 1.27 bits per heavy atom. The van der Waals surface area contributed by atoms with Gasteiger partial charge in [-0.3, -0.25) is 5.10 Å². The predicted octanol–water partition coefficient (Wildman–Crippen LogP) is 0.512. The number of hydrogen-bond donors (Lipinski definition) is 2. The van der Waals surface area contributed by atoms with Crippen molar-refractivity contribution in [1.82, 2.24) is 25.5 Å². The number of nitrogens with zero attached hydrogens (tertiary/aromatic N) is 3. The molecule has 0 spiro atoms. The first kappa shape index (κ1) is 8.55. The summed E-state index contributed by atoms with van der Waals surface area (Å²) >= 11 is 0. The fourth-order valence-corrected chi connectivity index (χ4v) is 1.90. The summed E-state index contributed by atoms with van der Waals surface area (Å²) < 4.78 is 0. The molecule has 0 atom stereocenters. The van der Waals surface area contributed by atoms with Crippen LogP contribution in [0.15, 0.2) is 18.6 Å². The van der Waals surface area contributed by atoms with E-state index < -0.39 is 0 Å². The number of rotatable bonds is 1. The minimum absolute atomic E-state index is 0.832. The van der Waals surface area contributed by atoms with Crippen molar-refractivity contribution in [2.45, 2.75) is 13.0 Å². The summed E-state index contributed by atoms with van der Waals surface area (Å²) in [5.41, 5.74) is 4.29. The highest BCUT2D eigenvalue weighted by Crippen LogP contribution is 2.22. The van der Waals surface area contributed by atoms with E-state index in [0.717, 1.165) is 36.6 Å². The zero-order valence-electron chi connectivity index (χ0n) is 8.20. The molecule has 0 radical (unpaired) electrons. The predicted molar refractivity (Wildman–Crippen MR) is 55.0 cm³/mol. The highest BCUT2D eigenvalue weighted by Gasteiger charge is 2.16. The van der Waals surface area contributed by atoms with Crippen LogP contribution in [0.3, 0.4) is 0 Å². The largest absolute Gasteiger partial charge is 0.311 e. The number of hydrogen-bond acceptors (Lipinski definition) is 4. The van der Waals surface area contributed by atoms with Gasteiger partial charge in [-0.1, -0.05) is 0 Å². The molecule has 0 aliphatic carbocycles. The Labute approximate surface area is 87.0 Å². The molecule has 2 aromatic rings. The number of nitrogens with one attached hydrogen (secondary N) is 2. The van der Waals surface area contributed by atoms with E-state index in [2.05, 4.69) is 25.5 Å². The maximum atomic E-state index is 4.32. The van der Waals surface area contributed by atoms with E-state index in [1.54, 1.807) is 12.5 Å². The van der Waals surface area contributed by atoms with Crippen LogP contribution in [0.5, 0.6) is 0 Å². The van der Waals surface area contributed by atoms with Crippen molar-refractivity contribution >= 4 is 0 Å². The molecule has 15 heavy (non-hydrogen) atoms. The molecule has 0 bridgehead atoms. The molecular formula is C10H11N5. The van der Waals surface area contributed by atoms with Crippen LogP contribution in [0.1, 0.15) is 11.3 Å². The van der Waals surface area contributed by atoms with Gasteiger partial charge in [0.15, 0.2) is 0 Å².